The number of piperidine rings is 1. The number of nitrogens with zero attached hydrogens (tertiary/aromatic N) is 3. The number of carbonyl (C=O) groups is 2. The number of urea groups is 1. The van der Waals surface area contributed by atoms with Gasteiger partial charge in [0, 0.05) is 30.7 Å². The summed E-state index contributed by atoms with van der Waals surface area (Å²) in [6.45, 7) is 1.38. The van der Waals surface area contributed by atoms with Gasteiger partial charge >= 0.3 is 6.03 Å². The molecule has 1 unspecified atom stereocenters. The molecule has 0 radical (unpaired) electrons. The van der Waals surface area contributed by atoms with E-state index in [9.17, 15) is 9.59 Å². The first-order valence-corrected chi connectivity index (χ1v) is 11.8. The van der Waals surface area contributed by atoms with Gasteiger partial charge in [-0.15, -0.1) is 10.2 Å². The van der Waals surface area contributed by atoms with Crippen molar-refractivity contribution < 1.29 is 14.3 Å². The van der Waals surface area contributed by atoms with Crippen molar-refractivity contribution in [3.05, 3.63) is 34.3 Å². The zero-order chi connectivity index (χ0) is 21.6. The molecule has 2 aliphatic rings. The van der Waals surface area contributed by atoms with Crippen LogP contribution in [0.1, 0.15) is 65.7 Å². The molecule has 0 spiro atoms. The molecule has 0 bridgehead atoms. The summed E-state index contributed by atoms with van der Waals surface area (Å²) < 4.78 is 5.13. The molecule has 31 heavy (non-hydrogen) atoms. The average Bonchev–Trinajstić information content (AvgIpc) is 3.31. The van der Waals surface area contributed by atoms with Gasteiger partial charge in [-0.05, 0) is 49.9 Å². The Morgan fingerprint density at radius 1 is 1.06 bits per heavy atom. The number of carbonyl (C=O) groups excluding carboxylic acids is 2. The van der Waals surface area contributed by atoms with E-state index in [1.807, 2.05) is 4.90 Å². The van der Waals surface area contributed by atoms with Crippen LogP contribution in [0.25, 0.3) is 0 Å². The third-order valence-electron chi connectivity index (χ3n) is 5.97. The van der Waals surface area contributed by atoms with Crippen LogP contribution in [0.4, 0.5) is 10.5 Å². The summed E-state index contributed by atoms with van der Waals surface area (Å²) in [6.07, 6.45) is 7.68. The molecule has 1 aromatic heterocycles. The fourth-order valence-corrected chi connectivity index (χ4v) is 5.09. The molecule has 8 nitrogen and oxygen atoms in total. The predicted molar refractivity (Wildman–Crippen MR) is 120 cm³/mol. The van der Waals surface area contributed by atoms with E-state index in [1.54, 1.807) is 31.4 Å². The number of rotatable bonds is 5. The lowest BCUT2D eigenvalue weighted by Gasteiger charge is -2.33. The van der Waals surface area contributed by atoms with Gasteiger partial charge in [-0.2, -0.15) is 0 Å². The fraction of sp³-hybridized carbons (Fsp3) is 0.545. The largest absolute Gasteiger partial charge is 0.497 e. The fourth-order valence-electron chi connectivity index (χ4n) is 4.23. The van der Waals surface area contributed by atoms with Gasteiger partial charge in [0.25, 0.3) is 5.91 Å². The highest BCUT2D eigenvalue weighted by atomic mass is 32.1. The summed E-state index contributed by atoms with van der Waals surface area (Å²) in [5.74, 6) is 0.563. The third-order valence-corrected chi connectivity index (χ3v) is 7.06. The molecule has 2 N–H and O–H groups in total. The number of amides is 3. The van der Waals surface area contributed by atoms with Crippen molar-refractivity contribution in [2.45, 2.75) is 56.9 Å². The number of benzene rings is 1. The zero-order valence-electron chi connectivity index (χ0n) is 17.8. The summed E-state index contributed by atoms with van der Waals surface area (Å²) in [5.41, 5.74) is 0.672. The molecule has 166 valence electrons. The van der Waals surface area contributed by atoms with E-state index in [0.29, 0.717) is 23.3 Å². The van der Waals surface area contributed by atoms with E-state index in [-0.39, 0.29) is 17.9 Å². The molecular weight excluding hydrogens is 414 g/mol. The molecule has 1 saturated carbocycles. The van der Waals surface area contributed by atoms with Gasteiger partial charge in [0.15, 0.2) is 0 Å². The number of nitrogens with one attached hydrogen (secondary N) is 2. The second kappa shape index (κ2) is 10.1. The highest BCUT2D eigenvalue weighted by Gasteiger charge is 2.29. The first-order valence-electron chi connectivity index (χ1n) is 11.0. The molecular formula is C22H29N5O3S. The van der Waals surface area contributed by atoms with Crippen LogP contribution in [0.5, 0.6) is 5.75 Å². The third kappa shape index (κ3) is 5.52. The minimum absolute atomic E-state index is 0.0265. The lowest BCUT2D eigenvalue weighted by molar-refractivity contribution is 0.102. The van der Waals surface area contributed by atoms with E-state index in [4.69, 9.17) is 4.74 Å². The van der Waals surface area contributed by atoms with Crippen LogP contribution < -0.4 is 15.4 Å². The molecule has 1 saturated heterocycles. The van der Waals surface area contributed by atoms with Gasteiger partial charge < -0.3 is 20.3 Å². The van der Waals surface area contributed by atoms with Crippen molar-refractivity contribution in [2.75, 3.05) is 25.5 Å². The molecule has 1 aliphatic carbocycles. The lowest BCUT2D eigenvalue weighted by atomic mass is 9.95. The summed E-state index contributed by atoms with van der Waals surface area (Å²) in [5, 5.41) is 15.5. The smallest absolute Gasteiger partial charge is 0.317 e. The number of ether oxygens (including phenoxy) is 1. The normalized spacial score (nSPS) is 19.6. The van der Waals surface area contributed by atoms with E-state index < -0.39 is 0 Å². The summed E-state index contributed by atoms with van der Waals surface area (Å²) >= 11 is 1.31. The van der Waals surface area contributed by atoms with Gasteiger partial charge in [-0.3, -0.25) is 4.79 Å². The maximum absolute atomic E-state index is 12.7. The topological polar surface area (TPSA) is 96.4 Å². The molecule has 1 aromatic carbocycles. The monoisotopic (exact) mass is 443 g/mol. The number of aromatic nitrogens is 2. The van der Waals surface area contributed by atoms with Crippen LogP contribution in [0.3, 0.4) is 0 Å². The zero-order valence-corrected chi connectivity index (χ0v) is 18.6. The van der Waals surface area contributed by atoms with Crippen molar-refractivity contribution in [2.24, 2.45) is 0 Å². The summed E-state index contributed by atoms with van der Waals surface area (Å²) in [7, 11) is 1.60. The highest BCUT2D eigenvalue weighted by molar-refractivity contribution is 7.13. The van der Waals surface area contributed by atoms with Crippen molar-refractivity contribution in [1.29, 1.82) is 0 Å². The lowest BCUT2D eigenvalue weighted by Crippen LogP contribution is -2.48. The van der Waals surface area contributed by atoms with Crippen LogP contribution in [0, 0.1) is 0 Å². The maximum atomic E-state index is 12.7. The minimum atomic E-state index is -0.281. The Balaban J connectivity index is 1.34. The van der Waals surface area contributed by atoms with Crippen molar-refractivity contribution in [3.8, 4) is 5.75 Å². The van der Waals surface area contributed by atoms with E-state index in [1.165, 1.54) is 30.6 Å². The molecule has 1 atom stereocenters. The van der Waals surface area contributed by atoms with Crippen LogP contribution in [0.2, 0.25) is 0 Å². The number of hydrogen-bond donors (Lipinski definition) is 2. The molecule has 9 heteroatoms. The number of anilines is 1. The predicted octanol–water partition coefficient (Wildman–Crippen LogP) is 4.02. The van der Waals surface area contributed by atoms with Crippen LogP contribution in [-0.2, 0) is 0 Å². The quantitative estimate of drug-likeness (QED) is 0.728. The van der Waals surface area contributed by atoms with Crippen LogP contribution >= 0.6 is 11.3 Å². The second-order valence-electron chi connectivity index (χ2n) is 8.20. The average molecular weight is 444 g/mol. The van der Waals surface area contributed by atoms with Crippen LogP contribution in [0.15, 0.2) is 24.3 Å². The van der Waals surface area contributed by atoms with Crippen molar-refractivity contribution >= 4 is 29.0 Å². The number of methoxy groups -OCH3 is 1. The Morgan fingerprint density at radius 2 is 1.84 bits per heavy atom. The molecule has 1 aliphatic heterocycles. The first-order chi connectivity index (χ1) is 15.1. The van der Waals surface area contributed by atoms with Crippen molar-refractivity contribution in [1.82, 2.24) is 20.4 Å². The number of likely N-dealkylation sites (tertiary alicyclic amines) is 1. The van der Waals surface area contributed by atoms with E-state index in [2.05, 4.69) is 20.8 Å². The SMILES string of the molecule is COc1ccc(NC(=O)c2nnc(C3CCCN(C(=O)NC4CCCCC4)C3)s2)cc1. The Labute approximate surface area is 186 Å². The molecule has 2 heterocycles. The molecule has 2 fully saturated rings. The van der Waals surface area contributed by atoms with Crippen LogP contribution in [-0.4, -0.2) is 53.3 Å². The highest BCUT2D eigenvalue weighted by Crippen LogP contribution is 2.30. The summed E-state index contributed by atoms with van der Waals surface area (Å²) in [4.78, 5) is 27.2. The standard InChI is InChI=1S/C22H29N5O3S/c1-30-18-11-9-17(10-12-18)23-19(28)21-26-25-20(31-21)15-6-5-13-27(14-15)22(29)24-16-7-3-2-4-8-16/h9-12,15-16H,2-8,13-14H2,1H3,(H,23,28)(H,24,29). The van der Waals surface area contributed by atoms with Crippen molar-refractivity contribution in [3.63, 3.8) is 0 Å². The summed E-state index contributed by atoms with van der Waals surface area (Å²) in [6, 6.07) is 7.47. The molecule has 3 amide bonds. The minimum Gasteiger partial charge on any atom is -0.497 e. The Morgan fingerprint density at radius 3 is 2.58 bits per heavy atom. The first kappa shape index (κ1) is 21.5. The molecule has 4 rings (SSSR count). The second-order valence-corrected chi connectivity index (χ2v) is 9.21. The maximum Gasteiger partial charge on any atom is 0.317 e. The van der Waals surface area contributed by atoms with Gasteiger partial charge in [0.1, 0.15) is 10.8 Å². The Bertz CT molecular complexity index is 895. The Kier molecular flexibility index (Phi) is 7.01. The van der Waals surface area contributed by atoms with Gasteiger partial charge in [-0.1, -0.05) is 30.6 Å². The number of hydrogen-bond acceptors (Lipinski definition) is 6. The van der Waals surface area contributed by atoms with Gasteiger partial charge in [0.05, 0.1) is 7.11 Å². The molecule has 2 aromatic rings. The van der Waals surface area contributed by atoms with Gasteiger partial charge in [0.2, 0.25) is 5.01 Å². The van der Waals surface area contributed by atoms with Gasteiger partial charge in [-0.25, -0.2) is 4.79 Å². The van der Waals surface area contributed by atoms with E-state index >= 15 is 0 Å². The Hall–Kier alpha value is -2.68. The van der Waals surface area contributed by atoms with E-state index in [0.717, 1.165) is 43.0 Å².